The van der Waals surface area contributed by atoms with Gasteiger partial charge in [-0.1, -0.05) is 12.2 Å². The van der Waals surface area contributed by atoms with Crippen LogP contribution >= 0.6 is 10.7 Å². The van der Waals surface area contributed by atoms with E-state index in [0.29, 0.717) is 11.3 Å². The third kappa shape index (κ3) is 0.922. The van der Waals surface area contributed by atoms with E-state index in [-0.39, 0.29) is 11.2 Å². The minimum atomic E-state index is -3.34. The molecule has 3 unspecified atom stereocenters. The van der Waals surface area contributed by atoms with Gasteiger partial charge in [-0.2, -0.15) is 0 Å². The maximum absolute atomic E-state index is 11.3. The van der Waals surface area contributed by atoms with Crippen LogP contribution in [0.1, 0.15) is 19.3 Å². The molecule has 3 atom stereocenters. The summed E-state index contributed by atoms with van der Waals surface area (Å²) in [5.41, 5.74) is 0.326. The zero-order chi connectivity index (χ0) is 9.27. The lowest BCUT2D eigenvalue weighted by atomic mass is 9.93. The predicted octanol–water partition coefficient (Wildman–Crippen LogP) is 1.91. The standard InChI is InChI=1S/C9H11ClO2S/c10-13(11,12)8-5-6-1-2-7(8)9(6)3-4-9/h1-2,6-8H,3-5H2. The van der Waals surface area contributed by atoms with E-state index in [1.54, 1.807) is 0 Å². The van der Waals surface area contributed by atoms with Crippen molar-refractivity contribution in [2.75, 3.05) is 0 Å². The highest BCUT2D eigenvalue weighted by molar-refractivity contribution is 8.14. The van der Waals surface area contributed by atoms with E-state index in [1.807, 2.05) is 0 Å². The number of rotatable bonds is 1. The van der Waals surface area contributed by atoms with Crippen LogP contribution in [0.15, 0.2) is 12.2 Å². The van der Waals surface area contributed by atoms with Gasteiger partial charge in [0, 0.05) is 16.6 Å². The summed E-state index contributed by atoms with van der Waals surface area (Å²) in [5.74, 6) is 0.719. The number of hydrogen-bond acceptors (Lipinski definition) is 2. The largest absolute Gasteiger partial charge is 0.236 e. The second-order valence-corrected chi connectivity index (χ2v) is 7.35. The van der Waals surface area contributed by atoms with Gasteiger partial charge in [0.25, 0.3) is 0 Å². The van der Waals surface area contributed by atoms with Crippen molar-refractivity contribution in [2.24, 2.45) is 17.3 Å². The molecule has 0 saturated heterocycles. The third-order valence-corrected chi connectivity index (χ3v) is 5.92. The summed E-state index contributed by atoms with van der Waals surface area (Å²) in [6, 6.07) is 0. The molecule has 3 aliphatic carbocycles. The van der Waals surface area contributed by atoms with Crippen LogP contribution < -0.4 is 0 Å². The van der Waals surface area contributed by atoms with Gasteiger partial charge >= 0.3 is 0 Å². The van der Waals surface area contributed by atoms with Gasteiger partial charge in [-0.25, -0.2) is 8.42 Å². The Morgan fingerprint density at radius 2 is 2.00 bits per heavy atom. The average Bonchev–Trinajstić information content (AvgIpc) is 2.67. The monoisotopic (exact) mass is 218 g/mol. The average molecular weight is 219 g/mol. The van der Waals surface area contributed by atoms with E-state index in [9.17, 15) is 8.42 Å². The van der Waals surface area contributed by atoms with Crippen molar-refractivity contribution in [2.45, 2.75) is 24.5 Å². The molecule has 0 aromatic rings. The van der Waals surface area contributed by atoms with Crippen LogP contribution in [0.5, 0.6) is 0 Å². The summed E-state index contributed by atoms with van der Waals surface area (Å²) in [4.78, 5) is 0. The fourth-order valence-electron chi connectivity index (χ4n) is 3.23. The quantitative estimate of drug-likeness (QED) is 0.498. The smallest absolute Gasteiger partial charge is 0.212 e. The van der Waals surface area contributed by atoms with Crippen LogP contribution in [-0.2, 0) is 9.05 Å². The maximum Gasteiger partial charge on any atom is 0.236 e. The van der Waals surface area contributed by atoms with E-state index in [4.69, 9.17) is 10.7 Å². The van der Waals surface area contributed by atoms with Crippen LogP contribution in [0.25, 0.3) is 0 Å². The Bertz CT molecular complexity index is 380. The topological polar surface area (TPSA) is 34.1 Å². The van der Waals surface area contributed by atoms with Gasteiger partial charge in [-0.15, -0.1) is 0 Å². The first-order valence-corrected chi connectivity index (χ1v) is 7.03. The Morgan fingerprint density at radius 1 is 1.31 bits per heavy atom. The molecule has 0 aromatic carbocycles. The molecule has 0 N–H and O–H groups in total. The second kappa shape index (κ2) is 2.14. The molecule has 0 radical (unpaired) electrons. The van der Waals surface area contributed by atoms with Crippen LogP contribution in [-0.4, -0.2) is 13.7 Å². The number of allylic oxidation sites excluding steroid dienone is 2. The Labute approximate surface area is 82.4 Å². The third-order valence-electron chi connectivity index (χ3n) is 4.03. The summed E-state index contributed by atoms with van der Waals surface area (Å²) < 4.78 is 22.5. The summed E-state index contributed by atoms with van der Waals surface area (Å²) in [6.07, 6.45) is 7.41. The lowest BCUT2D eigenvalue weighted by Gasteiger charge is -2.16. The lowest BCUT2D eigenvalue weighted by molar-refractivity contribution is 0.404. The van der Waals surface area contributed by atoms with E-state index >= 15 is 0 Å². The maximum atomic E-state index is 11.3. The first-order valence-electron chi connectivity index (χ1n) is 4.66. The molecule has 2 saturated carbocycles. The van der Waals surface area contributed by atoms with Gasteiger partial charge in [-0.3, -0.25) is 0 Å². The highest BCUT2D eigenvalue weighted by Gasteiger charge is 2.65. The van der Waals surface area contributed by atoms with Crippen molar-refractivity contribution in [3.8, 4) is 0 Å². The van der Waals surface area contributed by atoms with Crippen LogP contribution in [0, 0.1) is 17.3 Å². The zero-order valence-corrected chi connectivity index (χ0v) is 8.68. The normalized spacial score (nSPS) is 44.5. The van der Waals surface area contributed by atoms with Crippen LogP contribution in [0.2, 0.25) is 0 Å². The lowest BCUT2D eigenvalue weighted by Crippen LogP contribution is -2.23. The molecule has 0 aliphatic heterocycles. The van der Waals surface area contributed by atoms with Gasteiger partial charge in [-0.05, 0) is 30.6 Å². The first kappa shape index (κ1) is 8.30. The Morgan fingerprint density at radius 3 is 2.38 bits per heavy atom. The zero-order valence-electron chi connectivity index (χ0n) is 7.11. The van der Waals surface area contributed by atoms with E-state index < -0.39 is 9.05 Å². The molecule has 4 heteroatoms. The van der Waals surface area contributed by atoms with Gasteiger partial charge in [0.15, 0.2) is 0 Å². The van der Waals surface area contributed by atoms with Gasteiger partial charge < -0.3 is 0 Å². The Hall–Kier alpha value is -0.0200. The Balaban J connectivity index is 2.02. The molecule has 0 heterocycles. The molecular formula is C9H11ClO2S. The first-order chi connectivity index (χ1) is 6.04. The fourth-order valence-corrected chi connectivity index (χ4v) is 4.93. The van der Waals surface area contributed by atoms with Crippen molar-refractivity contribution in [3.63, 3.8) is 0 Å². The highest BCUT2D eigenvalue weighted by Crippen LogP contribution is 2.69. The summed E-state index contributed by atoms with van der Waals surface area (Å²) in [7, 11) is 2.08. The molecule has 3 rings (SSSR count). The number of hydrogen-bond donors (Lipinski definition) is 0. The molecule has 2 fully saturated rings. The number of halogens is 1. The van der Waals surface area contributed by atoms with Crippen molar-refractivity contribution in [3.05, 3.63) is 12.2 Å². The van der Waals surface area contributed by atoms with E-state index in [0.717, 1.165) is 6.42 Å². The molecule has 72 valence electrons. The van der Waals surface area contributed by atoms with Crippen molar-refractivity contribution < 1.29 is 8.42 Å². The van der Waals surface area contributed by atoms with E-state index in [2.05, 4.69) is 12.2 Å². The summed E-state index contributed by atoms with van der Waals surface area (Å²) >= 11 is 0. The summed E-state index contributed by atoms with van der Waals surface area (Å²) in [6.45, 7) is 0. The minimum Gasteiger partial charge on any atom is -0.212 e. The Kier molecular flexibility index (Phi) is 1.37. The highest BCUT2D eigenvalue weighted by atomic mass is 35.7. The molecule has 13 heavy (non-hydrogen) atoms. The minimum absolute atomic E-state index is 0.222. The van der Waals surface area contributed by atoms with Crippen molar-refractivity contribution in [1.82, 2.24) is 0 Å². The van der Waals surface area contributed by atoms with Crippen molar-refractivity contribution >= 4 is 19.7 Å². The summed E-state index contributed by atoms with van der Waals surface area (Å²) in [5, 5.41) is -0.299. The molecule has 1 spiro atoms. The van der Waals surface area contributed by atoms with Crippen LogP contribution in [0.4, 0.5) is 0 Å². The fraction of sp³-hybridized carbons (Fsp3) is 0.778. The second-order valence-electron chi connectivity index (χ2n) is 4.50. The molecule has 0 aromatic heterocycles. The molecule has 2 nitrogen and oxygen atoms in total. The van der Waals surface area contributed by atoms with Gasteiger partial charge in [0.1, 0.15) is 0 Å². The van der Waals surface area contributed by atoms with Gasteiger partial charge in [0.05, 0.1) is 5.25 Å². The van der Waals surface area contributed by atoms with E-state index in [1.165, 1.54) is 12.8 Å². The molecule has 3 aliphatic rings. The molecule has 2 bridgehead atoms. The van der Waals surface area contributed by atoms with Gasteiger partial charge in [0.2, 0.25) is 9.05 Å². The predicted molar refractivity (Wildman–Crippen MR) is 51.0 cm³/mol. The molecular weight excluding hydrogens is 208 g/mol. The molecule has 0 amide bonds. The van der Waals surface area contributed by atoms with Crippen LogP contribution in [0.3, 0.4) is 0 Å². The van der Waals surface area contributed by atoms with Crippen molar-refractivity contribution in [1.29, 1.82) is 0 Å². The SMILES string of the molecule is O=S(=O)(Cl)C1CC2C=CC1C21CC1.